The quantitative estimate of drug-likeness (QED) is 0.292. The van der Waals surface area contributed by atoms with E-state index in [0.29, 0.717) is 11.8 Å². The normalized spacial score (nSPS) is 25.0. The van der Waals surface area contributed by atoms with Gasteiger partial charge in [-0.15, -0.1) is 0 Å². The molecule has 6 rings (SSSR count). The zero-order valence-electron chi connectivity index (χ0n) is 19.9. The maximum atomic E-state index is 3.69. The monoisotopic (exact) mass is 502 g/mol. The van der Waals surface area contributed by atoms with Crippen molar-refractivity contribution >= 4 is 15.9 Å². The third-order valence-electron chi connectivity index (χ3n) is 8.66. The molecule has 0 unspecified atom stereocenters. The van der Waals surface area contributed by atoms with Gasteiger partial charge in [-0.05, 0) is 108 Å². The predicted octanol–water partition coefficient (Wildman–Crippen LogP) is 8.57. The van der Waals surface area contributed by atoms with Crippen LogP contribution in [0.5, 0.6) is 0 Å². The summed E-state index contributed by atoms with van der Waals surface area (Å²) in [6.45, 7) is 0. The average molecular weight is 504 g/mol. The summed E-state index contributed by atoms with van der Waals surface area (Å²) in [5.74, 6) is 1.21. The smallest absolute Gasteiger partial charge is 0.160 e. The molecule has 0 amide bonds. The van der Waals surface area contributed by atoms with Gasteiger partial charge in [-0.1, -0.05) is 39.2 Å². The molecule has 4 aliphatic rings. The first-order chi connectivity index (χ1) is 16.3. The molecule has 1 aromatic heterocycles. The number of rotatable bonds is 3. The Morgan fingerprint density at radius 3 is 1.67 bits per heavy atom. The van der Waals surface area contributed by atoms with E-state index < -0.39 is 0 Å². The highest BCUT2D eigenvalue weighted by atomic mass is 79.9. The third-order valence-corrected chi connectivity index (χ3v) is 9.19. The van der Waals surface area contributed by atoms with Crippen LogP contribution in [0.4, 0.5) is 0 Å². The first kappa shape index (κ1) is 21.8. The molecule has 0 N–H and O–H groups in total. The van der Waals surface area contributed by atoms with E-state index in [1.165, 1.54) is 100 Å². The number of pyridine rings is 1. The van der Waals surface area contributed by atoms with Gasteiger partial charge in [0.1, 0.15) is 0 Å². The summed E-state index contributed by atoms with van der Waals surface area (Å²) in [6.07, 6.45) is 23.7. The summed E-state index contributed by atoms with van der Waals surface area (Å²) < 4.78 is 3.96. The fourth-order valence-electron chi connectivity index (χ4n) is 7.15. The molecule has 0 aliphatic heterocycles. The molecule has 0 fully saturated rings. The first-order valence-corrected chi connectivity index (χ1v) is 14.3. The summed E-state index contributed by atoms with van der Waals surface area (Å²) in [7, 11) is 0. The second-order valence-corrected chi connectivity index (χ2v) is 11.6. The molecule has 2 atom stereocenters. The highest BCUT2D eigenvalue weighted by molar-refractivity contribution is 9.10. The molecule has 1 nitrogen and oxygen atoms in total. The Balaban J connectivity index is 1.60. The summed E-state index contributed by atoms with van der Waals surface area (Å²) >= 11 is 3.69. The summed E-state index contributed by atoms with van der Waals surface area (Å²) in [5.41, 5.74) is 11.4. The number of benzene rings is 1. The molecule has 0 bridgehead atoms. The average Bonchev–Trinajstić information content (AvgIpc) is 2.88. The fourth-order valence-corrected chi connectivity index (χ4v) is 7.42. The van der Waals surface area contributed by atoms with Crippen LogP contribution < -0.4 is 4.57 Å². The number of aryl methyl sites for hydroxylation is 2. The fraction of sp³-hybridized carbons (Fsp3) is 0.516. The molecule has 172 valence electrons. The van der Waals surface area contributed by atoms with Crippen molar-refractivity contribution in [2.75, 3.05) is 0 Å². The number of hydrogen-bond donors (Lipinski definition) is 0. The maximum Gasteiger partial charge on any atom is 0.211 e. The second-order valence-electron chi connectivity index (χ2n) is 10.7. The van der Waals surface area contributed by atoms with Crippen LogP contribution in [0.1, 0.15) is 111 Å². The number of hydrogen-bond acceptors (Lipinski definition) is 0. The van der Waals surface area contributed by atoms with Crippen molar-refractivity contribution in [3.8, 4) is 5.69 Å². The van der Waals surface area contributed by atoms with Gasteiger partial charge in [0.05, 0.1) is 11.8 Å². The number of fused-ring (bicyclic) bond motifs is 2. The van der Waals surface area contributed by atoms with E-state index in [9.17, 15) is 0 Å². The SMILES string of the molecule is Brc1ccc(-[n+]2c3c(cc4c2[C@H](C2=CCCCC2)CCC4)CCC[C@H]3C2=CCCCC2)cc1. The summed E-state index contributed by atoms with van der Waals surface area (Å²) in [6, 6.07) is 11.8. The Morgan fingerprint density at radius 1 is 0.636 bits per heavy atom. The zero-order chi connectivity index (χ0) is 22.2. The van der Waals surface area contributed by atoms with Gasteiger partial charge in [-0.25, -0.2) is 0 Å². The molecule has 0 spiro atoms. The second kappa shape index (κ2) is 9.53. The Bertz CT molecular complexity index is 1030. The van der Waals surface area contributed by atoms with Crippen molar-refractivity contribution < 1.29 is 4.57 Å². The van der Waals surface area contributed by atoms with E-state index in [1.54, 1.807) is 33.7 Å². The van der Waals surface area contributed by atoms with Crippen LogP contribution in [0.15, 0.2) is 58.1 Å². The first-order valence-electron chi connectivity index (χ1n) is 13.5. The Hall–Kier alpha value is -1.67. The molecular formula is C31H37BrN+. The lowest BCUT2D eigenvalue weighted by Gasteiger charge is -2.32. The van der Waals surface area contributed by atoms with Gasteiger partial charge in [0.2, 0.25) is 5.69 Å². The van der Waals surface area contributed by atoms with Crippen molar-refractivity contribution in [1.82, 2.24) is 0 Å². The van der Waals surface area contributed by atoms with Crippen LogP contribution in [-0.4, -0.2) is 0 Å². The molecule has 1 aromatic carbocycles. The lowest BCUT2D eigenvalue weighted by atomic mass is 9.74. The predicted molar refractivity (Wildman–Crippen MR) is 140 cm³/mol. The maximum absolute atomic E-state index is 3.69. The minimum absolute atomic E-state index is 0.603. The summed E-state index contributed by atoms with van der Waals surface area (Å²) in [5, 5.41) is 0. The van der Waals surface area contributed by atoms with Crippen molar-refractivity contribution in [3.63, 3.8) is 0 Å². The van der Waals surface area contributed by atoms with Crippen LogP contribution in [0.25, 0.3) is 5.69 Å². The Kier molecular flexibility index (Phi) is 6.30. The number of halogens is 1. The van der Waals surface area contributed by atoms with Crippen LogP contribution in [-0.2, 0) is 12.8 Å². The molecular weight excluding hydrogens is 466 g/mol. The highest BCUT2D eigenvalue weighted by Crippen LogP contribution is 2.44. The lowest BCUT2D eigenvalue weighted by Crippen LogP contribution is -2.47. The molecule has 2 heteroatoms. The molecule has 0 saturated heterocycles. The molecule has 0 radical (unpaired) electrons. The third kappa shape index (κ3) is 4.18. The van der Waals surface area contributed by atoms with Gasteiger partial charge in [-0.3, -0.25) is 0 Å². The topological polar surface area (TPSA) is 3.88 Å². The minimum atomic E-state index is 0.603. The van der Waals surface area contributed by atoms with Crippen molar-refractivity contribution in [2.24, 2.45) is 0 Å². The van der Waals surface area contributed by atoms with Crippen LogP contribution in [0.2, 0.25) is 0 Å². The molecule has 1 heterocycles. The standard InChI is InChI=1S/C31H37BrN/c32-26-17-19-27(20-18-26)33-30-24(13-7-15-28(30)22-9-3-1-4-10-22)21-25-14-8-16-29(31(25)33)23-11-5-2-6-12-23/h9,11,17-21,28-29H,1-8,10,12-16H2/q+1/t28-,29-/m0/s1. The highest BCUT2D eigenvalue weighted by Gasteiger charge is 2.41. The van der Waals surface area contributed by atoms with Gasteiger partial charge < -0.3 is 0 Å². The molecule has 4 aliphatic carbocycles. The van der Waals surface area contributed by atoms with Crippen molar-refractivity contribution in [1.29, 1.82) is 0 Å². The Morgan fingerprint density at radius 2 is 1.18 bits per heavy atom. The van der Waals surface area contributed by atoms with E-state index >= 15 is 0 Å². The Labute approximate surface area is 208 Å². The molecule has 0 saturated carbocycles. The van der Waals surface area contributed by atoms with E-state index in [-0.39, 0.29) is 0 Å². The molecule has 33 heavy (non-hydrogen) atoms. The van der Waals surface area contributed by atoms with Crippen LogP contribution in [0.3, 0.4) is 0 Å². The van der Waals surface area contributed by atoms with Crippen LogP contribution in [0, 0.1) is 0 Å². The van der Waals surface area contributed by atoms with Gasteiger partial charge in [0, 0.05) is 27.7 Å². The lowest BCUT2D eigenvalue weighted by molar-refractivity contribution is -0.617. The largest absolute Gasteiger partial charge is 0.211 e. The number of nitrogens with zero attached hydrogens (tertiary/aromatic N) is 1. The van der Waals surface area contributed by atoms with Gasteiger partial charge in [0.25, 0.3) is 0 Å². The van der Waals surface area contributed by atoms with Crippen LogP contribution >= 0.6 is 15.9 Å². The van der Waals surface area contributed by atoms with Crippen molar-refractivity contribution in [2.45, 2.75) is 102 Å². The molecule has 2 aromatic rings. The van der Waals surface area contributed by atoms with E-state index in [1.807, 2.05) is 0 Å². The van der Waals surface area contributed by atoms with Gasteiger partial charge in [0.15, 0.2) is 11.4 Å². The summed E-state index contributed by atoms with van der Waals surface area (Å²) in [4.78, 5) is 0. The zero-order valence-corrected chi connectivity index (χ0v) is 21.5. The van der Waals surface area contributed by atoms with E-state index in [2.05, 4.69) is 63.0 Å². The van der Waals surface area contributed by atoms with E-state index in [4.69, 9.17) is 0 Å². The number of allylic oxidation sites excluding steroid dienone is 4. The van der Waals surface area contributed by atoms with Gasteiger partial charge in [-0.2, -0.15) is 4.57 Å². The van der Waals surface area contributed by atoms with Crippen molar-refractivity contribution in [3.05, 3.63) is 80.6 Å². The minimum Gasteiger partial charge on any atom is -0.160 e. The van der Waals surface area contributed by atoms with E-state index in [0.717, 1.165) is 0 Å². The number of aromatic nitrogens is 1. The van der Waals surface area contributed by atoms with Gasteiger partial charge >= 0.3 is 0 Å².